The van der Waals surface area contributed by atoms with Crippen molar-refractivity contribution < 1.29 is 4.42 Å². The Balaban J connectivity index is 0.000000704. The fourth-order valence-electron chi connectivity index (χ4n) is 2.04. The summed E-state index contributed by atoms with van der Waals surface area (Å²) in [6.45, 7) is 7.97. The minimum absolute atomic E-state index is 0.847. The van der Waals surface area contributed by atoms with Crippen molar-refractivity contribution in [3.63, 3.8) is 0 Å². The van der Waals surface area contributed by atoms with E-state index in [2.05, 4.69) is 30.3 Å². The number of benzene rings is 2. The maximum atomic E-state index is 5.88. The third kappa shape index (κ3) is 2.54. The van der Waals surface area contributed by atoms with Crippen LogP contribution in [0.5, 0.6) is 0 Å². The van der Waals surface area contributed by atoms with Crippen LogP contribution in [0.25, 0.3) is 21.9 Å². The fraction of sp³-hybridized carbons (Fsp3) is 0.0556. The molecular formula is C18H17NO. The molecule has 0 aliphatic carbocycles. The Hall–Kier alpha value is -2.61. The number of fused-ring (bicyclic) bond motifs is 3. The minimum atomic E-state index is 0.847. The smallest absolute Gasteiger partial charge is 0.160 e. The summed E-state index contributed by atoms with van der Waals surface area (Å²) in [6.07, 6.45) is 5.63. The first-order valence-corrected chi connectivity index (χ1v) is 6.46. The summed E-state index contributed by atoms with van der Waals surface area (Å²) in [4.78, 5) is 4.41. The molecule has 3 aromatic rings. The molecule has 0 saturated heterocycles. The molecule has 2 aromatic carbocycles. The molecule has 0 aliphatic heterocycles. The van der Waals surface area contributed by atoms with Crippen molar-refractivity contribution in [2.45, 2.75) is 6.92 Å². The van der Waals surface area contributed by atoms with E-state index in [1.54, 1.807) is 6.21 Å². The van der Waals surface area contributed by atoms with Gasteiger partial charge in [-0.15, -0.1) is 13.2 Å². The van der Waals surface area contributed by atoms with Crippen molar-refractivity contribution in [3.8, 4) is 0 Å². The second kappa shape index (κ2) is 6.53. The number of para-hydroxylation sites is 2. The average molecular weight is 263 g/mol. The number of nitrogens with zero attached hydrogens (tertiary/aromatic N) is 1. The molecule has 0 radical (unpaired) electrons. The van der Waals surface area contributed by atoms with E-state index in [-0.39, 0.29) is 0 Å². The maximum absolute atomic E-state index is 5.88. The van der Waals surface area contributed by atoms with Crippen molar-refractivity contribution in [1.82, 2.24) is 0 Å². The van der Waals surface area contributed by atoms with Crippen molar-refractivity contribution in [2.24, 2.45) is 4.99 Å². The Bertz CT molecular complexity index is 765. The van der Waals surface area contributed by atoms with Crippen LogP contribution < -0.4 is 0 Å². The summed E-state index contributed by atoms with van der Waals surface area (Å²) >= 11 is 0. The fourth-order valence-corrected chi connectivity index (χ4v) is 2.04. The Morgan fingerprint density at radius 2 is 1.75 bits per heavy atom. The third-order valence-electron chi connectivity index (χ3n) is 2.88. The highest BCUT2D eigenvalue weighted by Gasteiger charge is 2.08. The lowest BCUT2D eigenvalue weighted by molar-refractivity contribution is 0.669. The molecule has 2 nitrogen and oxygen atoms in total. The van der Waals surface area contributed by atoms with Gasteiger partial charge in [-0.3, -0.25) is 4.99 Å². The van der Waals surface area contributed by atoms with Gasteiger partial charge in [0.05, 0.1) is 0 Å². The first-order chi connectivity index (χ1) is 9.90. The topological polar surface area (TPSA) is 25.5 Å². The summed E-state index contributed by atoms with van der Waals surface area (Å²) in [5, 5.41) is 2.25. The SMILES string of the molecule is C/C=C\C=Nc1cccc2c1oc1ccccc12.C=C. The number of furan rings is 1. The molecule has 2 heteroatoms. The number of allylic oxidation sites excluding steroid dienone is 2. The summed E-state index contributed by atoms with van der Waals surface area (Å²) in [5.74, 6) is 0. The van der Waals surface area contributed by atoms with E-state index < -0.39 is 0 Å². The summed E-state index contributed by atoms with van der Waals surface area (Å²) in [6, 6.07) is 14.1. The van der Waals surface area contributed by atoms with E-state index in [9.17, 15) is 0 Å². The van der Waals surface area contributed by atoms with Crippen LogP contribution in [-0.2, 0) is 0 Å². The van der Waals surface area contributed by atoms with E-state index in [4.69, 9.17) is 4.42 Å². The lowest BCUT2D eigenvalue weighted by atomic mass is 10.1. The standard InChI is InChI=1S/C16H13NO.C2H4/c1-2-3-11-17-14-9-6-8-13-12-7-4-5-10-15(12)18-16(13)14;1-2/h2-11H,1H3;1-2H2/b3-2-,17-11?;. The molecule has 0 saturated carbocycles. The molecule has 0 atom stereocenters. The van der Waals surface area contributed by atoms with Gasteiger partial charge in [0.15, 0.2) is 5.58 Å². The molecule has 20 heavy (non-hydrogen) atoms. The first kappa shape index (κ1) is 13.8. The zero-order valence-electron chi connectivity index (χ0n) is 11.5. The predicted molar refractivity (Wildman–Crippen MR) is 87.9 cm³/mol. The molecule has 1 heterocycles. The highest BCUT2D eigenvalue weighted by Crippen LogP contribution is 2.34. The van der Waals surface area contributed by atoms with E-state index in [1.807, 2.05) is 49.4 Å². The molecule has 0 aliphatic rings. The quantitative estimate of drug-likeness (QED) is 0.432. The van der Waals surface area contributed by atoms with Gasteiger partial charge in [-0.2, -0.15) is 0 Å². The van der Waals surface area contributed by atoms with E-state index in [1.165, 1.54) is 0 Å². The summed E-state index contributed by atoms with van der Waals surface area (Å²) in [7, 11) is 0. The van der Waals surface area contributed by atoms with Gasteiger partial charge < -0.3 is 4.42 Å². The van der Waals surface area contributed by atoms with Crippen molar-refractivity contribution in [2.75, 3.05) is 0 Å². The van der Waals surface area contributed by atoms with Crippen LogP contribution in [0.1, 0.15) is 6.92 Å². The van der Waals surface area contributed by atoms with Crippen LogP contribution in [0.3, 0.4) is 0 Å². The Labute approximate surface area is 118 Å². The monoisotopic (exact) mass is 263 g/mol. The second-order valence-corrected chi connectivity index (χ2v) is 4.06. The number of hydrogen-bond acceptors (Lipinski definition) is 2. The van der Waals surface area contributed by atoms with Crippen LogP contribution in [-0.4, -0.2) is 6.21 Å². The largest absolute Gasteiger partial charge is 0.454 e. The molecule has 1 aromatic heterocycles. The van der Waals surface area contributed by atoms with Crippen LogP contribution >= 0.6 is 0 Å². The summed E-state index contributed by atoms with van der Waals surface area (Å²) in [5.41, 5.74) is 2.61. The predicted octanol–water partition coefficient (Wildman–Crippen LogP) is 5.67. The Morgan fingerprint density at radius 3 is 2.55 bits per heavy atom. The normalized spacial score (nSPS) is 11.2. The van der Waals surface area contributed by atoms with Crippen LogP contribution in [0, 0.1) is 0 Å². The van der Waals surface area contributed by atoms with E-state index >= 15 is 0 Å². The molecular weight excluding hydrogens is 246 g/mol. The molecule has 0 spiro atoms. The number of aliphatic imine (C=N–C) groups is 1. The second-order valence-electron chi connectivity index (χ2n) is 4.06. The van der Waals surface area contributed by atoms with Gasteiger partial charge in [-0.05, 0) is 25.1 Å². The van der Waals surface area contributed by atoms with E-state index in [0.717, 1.165) is 27.6 Å². The maximum Gasteiger partial charge on any atom is 0.160 e. The molecule has 0 fully saturated rings. The van der Waals surface area contributed by atoms with Crippen molar-refractivity contribution in [3.05, 3.63) is 67.8 Å². The highest BCUT2D eigenvalue weighted by atomic mass is 16.3. The van der Waals surface area contributed by atoms with Crippen molar-refractivity contribution in [1.29, 1.82) is 0 Å². The summed E-state index contributed by atoms with van der Waals surface area (Å²) < 4.78 is 5.88. The molecule has 0 unspecified atom stereocenters. The van der Waals surface area contributed by atoms with Gasteiger partial charge in [0.1, 0.15) is 11.3 Å². The molecule has 100 valence electrons. The Kier molecular flexibility index (Phi) is 4.51. The first-order valence-electron chi connectivity index (χ1n) is 6.46. The lowest BCUT2D eigenvalue weighted by Gasteiger charge is -1.93. The minimum Gasteiger partial charge on any atom is -0.454 e. The Morgan fingerprint density at radius 1 is 1.00 bits per heavy atom. The highest BCUT2D eigenvalue weighted by molar-refractivity contribution is 6.08. The van der Waals surface area contributed by atoms with Crippen LogP contribution in [0.15, 0.2) is 77.2 Å². The average Bonchev–Trinajstić information content (AvgIpc) is 2.89. The lowest BCUT2D eigenvalue weighted by Crippen LogP contribution is -1.69. The van der Waals surface area contributed by atoms with Crippen LogP contribution in [0.2, 0.25) is 0 Å². The zero-order valence-corrected chi connectivity index (χ0v) is 11.5. The van der Waals surface area contributed by atoms with E-state index in [0.29, 0.717) is 0 Å². The van der Waals surface area contributed by atoms with Crippen molar-refractivity contribution >= 4 is 33.8 Å². The molecule has 0 N–H and O–H groups in total. The van der Waals surface area contributed by atoms with Gasteiger partial charge in [0.2, 0.25) is 0 Å². The number of rotatable bonds is 2. The van der Waals surface area contributed by atoms with Gasteiger partial charge in [-0.1, -0.05) is 36.4 Å². The van der Waals surface area contributed by atoms with Gasteiger partial charge in [0, 0.05) is 17.0 Å². The van der Waals surface area contributed by atoms with Gasteiger partial charge >= 0.3 is 0 Å². The van der Waals surface area contributed by atoms with Gasteiger partial charge in [-0.25, -0.2) is 0 Å². The third-order valence-corrected chi connectivity index (χ3v) is 2.88. The number of hydrogen-bond donors (Lipinski definition) is 0. The van der Waals surface area contributed by atoms with Crippen LogP contribution in [0.4, 0.5) is 5.69 Å². The molecule has 3 rings (SSSR count). The van der Waals surface area contributed by atoms with Gasteiger partial charge in [0.25, 0.3) is 0 Å². The zero-order chi connectivity index (χ0) is 14.4. The molecule has 0 amide bonds. The molecule has 0 bridgehead atoms.